The number of aryl methyl sites for hydroxylation is 1. The Bertz CT molecular complexity index is 542. The van der Waals surface area contributed by atoms with Crippen LogP contribution in [-0.4, -0.2) is 18.1 Å². The minimum atomic E-state index is -0.316. The average Bonchev–Trinajstić information content (AvgIpc) is 2.44. The number of benzene rings is 1. The Labute approximate surface area is 118 Å². The Balaban J connectivity index is 1.74. The fourth-order valence-electron chi connectivity index (χ4n) is 1.90. The summed E-state index contributed by atoms with van der Waals surface area (Å²) in [4.78, 5) is 4.05. The van der Waals surface area contributed by atoms with Crippen molar-refractivity contribution in [3.8, 4) is 5.75 Å². The van der Waals surface area contributed by atoms with Crippen molar-refractivity contribution in [3.05, 3.63) is 59.7 Å². The molecule has 20 heavy (non-hydrogen) atoms. The van der Waals surface area contributed by atoms with E-state index in [1.54, 1.807) is 6.07 Å². The summed E-state index contributed by atoms with van der Waals surface area (Å²) in [6.07, 6.45) is 1.23. The van der Waals surface area contributed by atoms with Gasteiger partial charge in [-0.2, -0.15) is 0 Å². The molecule has 0 aliphatic rings. The highest BCUT2D eigenvalue weighted by atomic mass is 19.1. The third-order valence-corrected chi connectivity index (χ3v) is 3.00. The molecule has 1 atom stereocenters. The number of ether oxygens (including phenoxy) is 1. The molecule has 106 valence electrons. The molecule has 0 aliphatic heterocycles. The third kappa shape index (κ3) is 4.31. The molecule has 1 N–H and O–H groups in total. The SMILES string of the molecule is Cc1cccc(OCCNC(C)c2ccc(F)cn2)c1. The third-order valence-electron chi connectivity index (χ3n) is 3.00. The Morgan fingerprint density at radius 2 is 2.15 bits per heavy atom. The van der Waals surface area contributed by atoms with Gasteiger partial charge in [0.2, 0.25) is 0 Å². The molecule has 0 amide bonds. The molecular formula is C16H19FN2O. The lowest BCUT2D eigenvalue weighted by molar-refractivity contribution is 0.307. The van der Waals surface area contributed by atoms with Gasteiger partial charge in [0.25, 0.3) is 0 Å². The minimum absolute atomic E-state index is 0.0664. The van der Waals surface area contributed by atoms with Gasteiger partial charge < -0.3 is 10.1 Å². The van der Waals surface area contributed by atoms with Crippen LogP contribution in [0.3, 0.4) is 0 Å². The second-order valence-electron chi connectivity index (χ2n) is 4.74. The summed E-state index contributed by atoms with van der Waals surface area (Å²) in [5.41, 5.74) is 2.00. The van der Waals surface area contributed by atoms with Crippen molar-refractivity contribution < 1.29 is 9.13 Å². The molecule has 0 saturated heterocycles. The first-order valence-corrected chi connectivity index (χ1v) is 6.69. The maximum absolute atomic E-state index is 12.8. The molecule has 4 heteroatoms. The van der Waals surface area contributed by atoms with Crippen LogP contribution in [0.4, 0.5) is 4.39 Å². The molecule has 0 radical (unpaired) electrons. The number of pyridine rings is 1. The lowest BCUT2D eigenvalue weighted by Gasteiger charge is -2.14. The smallest absolute Gasteiger partial charge is 0.141 e. The maximum Gasteiger partial charge on any atom is 0.141 e. The van der Waals surface area contributed by atoms with Gasteiger partial charge in [0.1, 0.15) is 18.2 Å². The van der Waals surface area contributed by atoms with Crippen molar-refractivity contribution in [2.75, 3.05) is 13.2 Å². The van der Waals surface area contributed by atoms with Gasteiger partial charge in [-0.25, -0.2) is 4.39 Å². The highest BCUT2D eigenvalue weighted by Crippen LogP contribution is 2.12. The fourth-order valence-corrected chi connectivity index (χ4v) is 1.90. The number of halogens is 1. The van der Waals surface area contributed by atoms with Gasteiger partial charge in [-0.15, -0.1) is 0 Å². The van der Waals surface area contributed by atoms with Gasteiger partial charge in [-0.05, 0) is 43.7 Å². The number of hydrogen-bond acceptors (Lipinski definition) is 3. The molecule has 1 heterocycles. The van der Waals surface area contributed by atoms with Crippen LogP contribution in [-0.2, 0) is 0 Å². The zero-order valence-corrected chi connectivity index (χ0v) is 11.8. The molecule has 1 aromatic carbocycles. The molecule has 2 aromatic rings. The van der Waals surface area contributed by atoms with E-state index in [2.05, 4.69) is 10.3 Å². The van der Waals surface area contributed by atoms with E-state index in [1.807, 2.05) is 38.1 Å². The fraction of sp³-hybridized carbons (Fsp3) is 0.312. The van der Waals surface area contributed by atoms with E-state index in [9.17, 15) is 4.39 Å². The zero-order valence-electron chi connectivity index (χ0n) is 11.8. The first kappa shape index (κ1) is 14.5. The van der Waals surface area contributed by atoms with Gasteiger partial charge in [0.15, 0.2) is 0 Å². The first-order chi connectivity index (χ1) is 9.65. The summed E-state index contributed by atoms with van der Waals surface area (Å²) in [5, 5.41) is 3.29. The van der Waals surface area contributed by atoms with Gasteiger partial charge in [-0.1, -0.05) is 12.1 Å². The predicted molar refractivity (Wildman–Crippen MR) is 77.3 cm³/mol. The lowest BCUT2D eigenvalue weighted by atomic mass is 10.2. The van der Waals surface area contributed by atoms with Crippen LogP contribution >= 0.6 is 0 Å². The highest BCUT2D eigenvalue weighted by molar-refractivity contribution is 5.27. The lowest BCUT2D eigenvalue weighted by Crippen LogP contribution is -2.25. The van der Waals surface area contributed by atoms with Crippen LogP contribution in [0.1, 0.15) is 24.2 Å². The molecule has 0 bridgehead atoms. The highest BCUT2D eigenvalue weighted by Gasteiger charge is 2.05. The minimum Gasteiger partial charge on any atom is -0.492 e. The monoisotopic (exact) mass is 274 g/mol. The number of nitrogens with zero attached hydrogens (tertiary/aromatic N) is 1. The summed E-state index contributed by atoms with van der Waals surface area (Å²) in [7, 11) is 0. The van der Waals surface area contributed by atoms with Crippen LogP contribution in [0.5, 0.6) is 5.75 Å². The predicted octanol–water partition coefficient (Wildman–Crippen LogP) is 3.26. The van der Waals surface area contributed by atoms with Crippen LogP contribution in [0, 0.1) is 12.7 Å². The number of hydrogen-bond donors (Lipinski definition) is 1. The number of nitrogens with one attached hydrogen (secondary N) is 1. The van der Waals surface area contributed by atoms with Crippen LogP contribution in [0.25, 0.3) is 0 Å². The number of rotatable bonds is 6. The first-order valence-electron chi connectivity index (χ1n) is 6.69. The Morgan fingerprint density at radius 1 is 1.30 bits per heavy atom. The Morgan fingerprint density at radius 3 is 2.85 bits per heavy atom. The van der Waals surface area contributed by atoms with Crippen molar-refractivity contribution in [1.82, 2.24) is 10.3 Å². The van der Waals surface area contributed by atoms with Crippen molar-refractivity contribution in [3.63, 3.8) is 0 Å². The van der Waals surface area contributed by atoms with Crippen molar-refractivity contribution in [1.29, 1.82) is 0 Å². The van der Waals surface area contributed by atoms with Crippen LogP contribution in [0.15, 0.2) is 42.6 Å². The van der Waals surface area contributed by atoms with Gasteiger partial charge in [-0.3, -0.25) is 4.98 Å². The summed E-state index contributed by atoms with van der Waals surface area (Å²) in [5.74, 6) is 0.558. The quantitative estimate of drug-likeness (QED) is 0.821. The summed E-state index contributed by atoms with van der Waals surface area (Å²) < 4.78 is 18.4. The standard InChI is InChI=1S/C16H19FN2O/c1-12-4-3-5-15(10-12)20-9-8-18-13(2)16-7-6-14(17)11-19-16/h3-7,10-11,13,18H,8-9H2,1-2H3. The van der Waals surface area contributed by atoms with Gasteiger partial charge in [0.05, 0.1) is 11.9 Å². The maximum atomic E-state index is 12.8. The summed E-state index contributed by atoms with van der Waals surface area (Å²) >= 11 is 0. The Kier molecular flexibility index (Phi) is 5.07. The summed E-state index contributed by atoms with van der Waals surface area (Å²) in [6.45, 7) is 5.31. The average molecular weight is 274 g/mol. The molecule has 2 rings (SSSR count). The van der Waals surface area contributed by atoms with E-state index in [-0.39, 0.29) is 11.9 Å². The second kappa shape index (κ2) is 7.01. The largest absolute Gasteiger partial charge is 0.492 e. The molecule has 3 nitrogen and oxygen atoms in total. The summed E-state index contributed by atoms with van der Waals surface area (Å²) in [6, 6.07) is 11.1. The Hall–Kier alpha value is -1.94. The normalized spacial score (nSPS) is 12.2. The van der Waals surface area contributed by atoms with Crippen molar-refractivity contribution in [2.45, 2.75) is 19.9 Å². The molecule has 0 aliphatic carbocycles. The van der Waals surface area contributed by atoms with E-state index in [0.29, 0.717) is 13.2 Å². The van der Waals surface area contributed by atoms with Gasteiger partial charge in [0, 0.05) is 12.6 Å². The van der Waals surface area contributed by atoms with E-state index < -0.39 is 0 Å². The van der Waals surface area contributed by atoms with Gasteiger partial charge >= 0.3 is 0 Å². The molecular weight excluding hydrogens is 255 g/mol. The van der Waals surface area contributed by atoms with E-state index in [4.69, 9.17) is 4.74 Å². The zero-order chi connectivity index (χ0) is 14.4. The van der Waals surface area contributed by atoms with Crippen LogP contribution < -0.4 is 10.1 Å². The number of aromatic nitrogens is 1. The molecule has 0 spiro atoms. The molecule has 1 aromatic heterocycles. The van der Waals surface area contributed by atoms with Crippen molar-refractivity contribution >= 4 is 0 Å². The molecule has 0 fully saturated rings. The van der Waals surface area contributed by atoms with E-state index in [0.717, 1.165) is 11.4 Å². The van der Waals surface area contributed by atoms with E-state index >= 15 is 0 Å². The van der Waals surface area contributed by atoms with E-state index in [1.165, 1.54) is 17.8 Å². The second-order valence-corrected chi connectivity index (χ2v) is 4.74. The molecule has 0 saturated carbocycles. The van der Waals surface area contributed by atoms with Crippen LogP contribution in [0.2, 0.25) is 0 Å². The molecule has 1 unspecified atom stereocenters. The topological polar surface area (TPSA) is 34.1 Å². The van der Waals surface area contributed by atoms with Crippen molar-refractivity contribution in [2.24, 2.45) is 0 Å².